The van der Waals surface area contributed by atoms with Gasteiger partial charge in [0.25, 0.3) is 21.6 Å². The molecule has 69 heavy (non-hydrogen) atoms. The number of nitrogens with one attached hydrogen (secondary N) is 3. The molecule has 2 saturated carbocycles. The van der Waals surface area contributed by atoms with Gasteiger partial charge in [0, 0.05) is 87.3 Å². The number of nitro benzene ring substituents is 1. The number of piperazine rings is 1. The zero-order chi connectivity index (χ0) is 48.7. The number of ether oxygens (including phenoxy) is 1. The lowest BCUT2D eigenvalue weighted by atomic mass is 9.59. The molecule has 0 radical (unpaired) electrons. The average molecular weight is 961 g/mol. The summed E-state index contributed by atoms with van der Waals surface area (Å²) in [6.07, 6.45) is 10.6. The van der Waals surface area contributed by atoms with Crippen LogP contribution in [0.25, 0.3) is 11.0 Å². The number of aromatic amines is 1. The van der Waals surface area contributed by atoms with Gasteiger partial charge in [-0.1, -0.05) is 52.0 Å². The Morgan fingerprint density at radius 3 is 2.45 bits per heavy atom. The van der Waals surface area contributed by atoms with Crippen molar-refractivity contribution in [2.24, 2.45) is 17.3 Å². The molecule has 2 saturated heterocycles. The van der Waals surface area contributed by atoms with E-state index >= 15 is 0 Å². The van der Waals surface area contributed by atoms with Crippen LogP contribution in [0.5, 0.6) is 11.5 Å². The lowest BCUT2D eigenvalue weighted by Crippen LogP contribution is -2.60. The Kier molecular flexibility index (Phi) is 13.8. The second-order valence-electron chi connectivity index (χ2n) is 21.3. The van der Waals surface area contributed by atoms with Crippen LogP contribution in [-0.4, -0.2) is 102 Å². The van der Waals surface area contributed by atoms with Gasteiger partial charge in [-0.3, -0.25) is 24.7 Å². The fourth-order valence-electron chi connectivity index (χ4n) is 11.5. The number of pyridine rings is 1. The third-order valence-electron chi connectivity index (χ3n) is 15.4. The molecule has 9 rings (SSSR count). The van der Waals surface area contributed by atoms with Crippen molar-refractivity contribution in [3.8, 4) is 11.5 Å². The number of rotatable bonds is 15. The molecule has 0 bridgehead atoms. The van der Waals surface area contributed by atoms with E-state index in [4.69, 9.17) is 4.74 Å². The van der Waals surface area contributed by atoms with E-state index in [-0.39, 0.29) is 28.3 Å². The van der Waals surface area contributed by atoms with E-state index in [9.17, 15) is 28.4 Å². The number of nitro groups is 1. The maximum atomic E-state index is 14.1. The second-order valence-corrected chi connectivity index (χ2v) is 23.0. The minimum atomic E-state index is -4.57. The van der Waals surface area contributed by atoms with Gasteiger partial charge in [-0.2, -0.15) is 0 Å². The Morgan fingerprint density at radius 2 is 1.72 bits per heavy atom. The number of benzene rings is 3. The lowest BCUT2D eigenvalue weighted by Gasteiger charge is -2.58. The molecule has 368 valence electrons. The Balaban J connectivity index is 0.897. The van der Waals surface area contributed by atoms with Crippen molar-refractivity contribution in [1.29, 1.82) is 0 Å². The molecular formula is C53H68N8O7S. The number of aromatic nitrogens is 2. The average Bonchev–Trinajstić information content (AvgIpc) is 3.78. The van der Waals surface area contributed by atoms with Crippen LogP contribution in [0.2, 0.25) is 0 Å². The van der Waals surface area contributed by atoms with Crippen molar-refractivity contribution in [2.45, 2.75) is 114 Å². The van der Waals surface area contributed by atoms with Crippen LogP contribution in [0.4, 0.5) is 17.1 Å². The number of amides is 1. The summed E-state index contributed by atoms with van der Waals surface area (Å²) in [5, 5.41) is 26.5. The zero-order valence-corrected chi connectivity index (χ0v) is 41.4. The minimum Gasteiger partial charge on any atom is -0.455 e. The van der Waals surface area contributed by atoms with Gasteiger partial charge >= 0.3 is 0 Å². The molecule has 2 aliphatic heterocycles. The number of fused-ring (bicyclic) bond motifs is 1. The molecule has 1 amide bonds. The normalized spacial score (nSPS) is 22.5. The SMILES string of the molecule is CC(C)CN1CCN(C2CC3(CCN(c4ccc(C(=O)NS(=O)(=O)c5ccc(NCC6CCC(C)(O)CC6)c([N+](=O)[O-])c5)c(Oc5cnc6[nH]ccc6c5)c4)CC3)C2)C(c2ccccc2C(C)C)C1. The van der Waals surface area contributed by atoms with Gasteiger partial charge in [0.05, 0.1) is 27.2 Å². The summed E-state index contributed by atoms with van der Waals surface area (Å²) in [7, 11) is -4.57. The third-order valence-corrected chi connectivity index (χ3v) is 16.7. The highest BCUT2D eigenvalue weighted by molar-refractivity contribution is 7.90. The third kappa shape index (κ3) is 10.8. The first kappa shape index (κ1) is 48.5. The summed E-state index contributed by atoms with van der Waals surface area (Å²) in [6, 6.07) is 22.4. The lowest BCUT2D eigenvalue weighted by molar-refractivity contribution is -0.384. The van der Waals surface area contributed by atoms with Gasteiger partial charge in [0.2, 0.25) is 0 Å². The minimum absolute atomic E-state index is 0.0202. The summed E-state index contributed by atoms with van der Waals surface area (Å²) in [4.78, 5) is 40.5. The first-order valence-electron chi connectivity index (χ1n) is 24.8. The molecule has 2 aromatic heterocycles. The Bertz CT molecular complexity index is 2770. The van der Waals surface area contributed by atoms with Crippen LogP contribution in [0.1, 0.15) is 119 Å². The van der Waals surface area contributed by atoms with E-state index in [0.29, 0.717) is 54.7 Å². The molecule has 15 nitrogen and oxygen atoms in total. The standard InChI is InChI=1S/C53H68N8O7S/c1-35(2)33-58-24-25-60(48(34-58)44-9-7-6-8-43(44)36(3)4)40-29-53(30-40)19-22-59(23-20-53)39-10-12-45(49(27-39)68-41-26-38-16-21-54-50(38)56-32-41)51(62)57-69(66,67)42-11-13-46(47(28-42)61(64)65)55-31-37-14-17-52(5,63)18-15-37/h6-13,16,21,26-28,32,35-37,40,48,55,63H,14-15,17-20,22-25,29-31,33-34H2,1-5H3,(H,54,56)(H,57,62). The number of sulfonamides is 1. The Morgan fingerprint density at radius 1 is 0.971 bits per heavy atom. The molecule has 16 heteroatoms. The number of H-pyrrole nitrogens is 1. The van der Waals surface area contributed by atoms with Crippen molar-refractivity contribution in [3.63, 3.8) is 0 Å². The molecule has 1 spiro atoms. The van der Waals surface area contributed by atoms with Crippen LogP contribution < -0.4 is 19.7 Å². The number of anilines is 2. The van der Waals surface area contributed by atoms with Gasteiger partial charge in [-0.15, -0.1) is 0 Å². The Labute approximate surface area is 406 Å². The summed E-state index contributed by atoms with van der Waals surface area (Å²) in [6.45, 7) is 17.5. The second kappa shape index (κ2) is 19.7. The van der Waals surface area contributed by atoms with Gasteiger partial charge in [0.1, 0.15) is 22.8 Å². The van der Waals surface area contributed by atoms with E-state index in [1.807, 2.05) is 19.1 Å². The van der Waals surface area contributed by atoms with E-state index in [2.05, 4.69) is 86.7 Å². The van der Waals surface area contributed by atoms with Crippen molar-refractivity contribution in [2.75, 3.05) is 56.0 Å². The smallest absolute Gasteiger partial charge is 0.293 e. The highest BCUT2D eigenvalue weighted by atomic mass is 32.2. The number of aliphatic hydroxyl groups is 1. The molecule has 4 aliphatic rings. The first-order chi connectivity index (χ1) is 32.9. The van der Waals surface area contributed by atoms with E-state index in [0.717, 1.165) is 82.1 Å². The van der Waals surface area contributed by atoms with Gasteiger partial charge in [-0.05, 0) is 129 Å². The summed E-state index contributed by atoms with van der Waals surface area (Å²) in [5.41, 5.74) is 3.74. The fourth-order valence-corrected chi connectivity index (χ4v) is 12.5. The molecule has 1 unspecified atom stereocenters. The molecule has 3 aromatic carbocycles. The van der Waals surface area contributed by atoms with Crippen LogP contribution >= 0.6 is 0 Å². The first-order valence-corrected chi connectivity index (χ1v) is 26.3. The Hall–Kier alpha value is -5.55. The summed E-state index contributed by atoms with van der Waals surface area (Å²) < 4.78 is 36.2. The predicted molar refractivity (Wildman–Crippen MR) is 270 cm³/mol. The van der Waals surface area contributed by atoms with Crippen molar-refractivity contribution in [1.82, 2.24) is 24.5 Å². The molecule has 4 fully saturated rings. The predicted octanol–water partition coefficient (Wildman–Crippen LogP) is 9.62. The molecular weight excluding hydrogens is 893 g/mol. The van der Waals surface area contributed by atoms with Gasteiger partial charge in [0.15, 0.2) is 0 Å². The van der Waals surface area contributed by atoms with Crippen molar-refractivity contribution >= 4 is 44.0 Å². The molecule has 4 heterocycles. The zero-order valence-electron chi connectivity index (χ0n) is 40.6. The van der Waals surface area contributed by atoms with Gasteiger partial charge < -0.3 is 25.0 Å². The number of piperidine rings is 1. The highest BCUT2D eigenvalue weighted by Crippen LogP contribution is 2.53. The molecule has 2 aliphatic carbocycles. The molecule has 4 N–H and O–H groups in total. The fraction of sp³-hybridized carbons (Fsp3) is 0.509. The van der Waals surface area contributed by atoms with Gasteiger partial charge in [-0.25, -0.2) is 18.1 Å². The van der Waals surface area contributed by atoms with E-state index in [1.165, 1.54) is 36.1 Å². The van der Waals surface area contributed by atoms with Crippen molar-refractivity contribution in [3.05, 3.63) is 112 Å². The highest BCUT2D eigenvalue weighted by Gasteiger charge is 2.50. The van der Waals surface area contributed by atoms with E-state index in [1.54, 1.807) is 30.6 Å². The summed E-state index contributed by atoms with van der Waals surface area (Å²) in [5.74, 6) is 0.861. The largest absolute Gasteiger partial charge is 0.455 e. The molecule has 1 atom stereocenters. The maximum absolute atomic E-state index is 14.1. The summed E-state index contributed by atoms with van der Waals surface area (Å²) >= 11 is 0. The number of nitrogens with zero attached hydrogens (tertiary/aromatic N) is 5. The number of hydrogen-bond acceptors (Lipinski definition) is 12. The van der Waals surface area contributed by atoms with Crippen LogP contribution in [0, 0.1) is 27.4 Å². The van der Waals surface area contributed by atoms with Crippen LogP contribution in [0.15, 0.2) is 90.1 Å². The maximum Gasteiger partial charge on any atom is 0.293 e. The number of hydrogen-bond donors (Lipinski definition) is 4. The molecule has 5 aromatic rings. The van der Waals surface area contributed by atoms with E-state index < -0.39 is 37.0 Å². The van der Waals surface area contributed by atoms with Crippen molar-refractivity contribution < 1.29 is 28.0 Å². The topological polar surface area (TPSA) is 186 Å². The number of carbonyl (C=O) groups excluding carboxylic acids is 1. The van der Waals surface area contributed by atoms with Crippen LogP contribution in [-0.2, 0) is 10.0 Å². The monoisotopic (exact) mass is 960 g/mol. The van der Waals surface area contributed by atoms with Crippen LogP contribution in [0.3, 0.4) is 0 Å². The number of carbonyl (C=O) groups is 1. The quantitative estimate of drug-likeness (QED) is 0.0576.